The smallest absolute Gasteiger partial charge is 0.335 e. The molecule has 1 aliphatic rings. The van der Waals surface area contributed by atoms with Crippen LogP contribution in [0.2, 0.25) is 0 Å². The molecule has 1 fully saturated rings. The molecular weight excluding hydrogens is 342 g/mol. The van der Waals surface area contributed by atoms with Crippen molar-refractivity contribution in [1.82, 2.24) is 5.32 Å². The molecule has 1 rings (SSSR count). The van der Waals surface area contributed by atoms with Crippen LogP contribution in [-0.2, 0) is 14.3 Å². The Labute approximate surface area is 154 Å². The molecule has 0 bridgehead atoms. The summed E-state index contributed by atoms with van der Waals surface area (Å²) in [5, 5.41) is 40.7. The summed E-state index contributed by atoms with van der Waals surface area (Å²) in [7, 11) is 0. The van der Waals surface area contributed by atoms with Crippen molar-refractivity contribution >= 4 is 11.9 Å². The summed E-state index contributed by atoms with van der Waals surface area (Å²) in [6.07, 6.45) is 0.944. The highest BCUT2D eigenvalue weighted by Crippen LogP contribution is 2.20. The number of hydrogen-bond donors (Lipinski definition) is 5. The molecule has 0 aliphatic carbocycles. The number of carbonyl (C=O) groups excluding carboxylic acids is 1. The maximum atomic E-state index is 11.9. The minimum absolute atomic E-state index is 0.236. The van der Waals surface area contributed by atoms with Crippen LogP contribution in [0, 0.1) is 5.92 Å². The van der Waals surface area contributed by atoms with E-state index in [0.717, 1.165) is 25.2 Å². The Morgan fingerprint density at radius 1 is 0.962 bits per heavy atom. The van der Waals surface area contributed by atoms with Gasteiger partial charge in [-0.2, -0.15) is 0 Å². The highest BCUT2D eigenvalue weighted by Gasteiger charge is 2.47. The van der Waals surface area contributed by atoms with Gasteiger partial charge in [0.05, 0.1) is 0 Å². The number of nitrogens with one attached hydrogen (secondary N) is 1. The van der Waals surface area contributed by atoms with Crippen LogP contribution in [0.3, 0.4) is 0 Å². The second-order valence-electron chi connectivity index (χ2n) is 7.41. The van der Waals surface area contributed by atoms with E-state index in [9.17, 15) is 24.9 Å². The molecule has 5 N–H and O–H groups in total. The van der Waals surface area contributed by atoms with Gasteiger partial charge in [-0.25, -0.2) is 4.79 Å². The minimum Gasteiger partial charge on any atom is -0.479 e. The number of carboxylic acids is 1. The Morgan fingerprint density at radius 3 is 2.12 bits per heavy atom. The van der Waals surface area contributed by atoms with Gasteiger partial charge in [0.25, 0.3) is 0 Å². The third-order valence-corrected chi connectivity index (χ3v) is 4.63. The molecule has 1 heterocycles. The quantitative estimate of drug-likeness (QED) is 0.336. The van der Waals surface area contributed by atoms with Crippen molar-refractivity contribution in [2.75, 3.05) is 0 Å². The van der Waals surface area contributed by atoms with Gasteiger partial charge >= 0.3 is 5.97 Å². The van der Waals surface area contributed by atoms with E-state index in [1.165, 1.54) is 19.3 Å². The lowest BCUT2D eigenvalue weighted by Crippen LogP contribution is -2.64. The second-order valence-corrected chi connectivity index (χ2v) is 7.41. The number of aliphatic hydroxyl groups excluding tert-OH is 3. The average molecular weight is 375 g/mol. The number of hydrogen-bond acceptors (Lipinski definition) is 6. The Bertz CT molecular complexity index is 443. The fraction of sp³-hybridized carbons (Fsp3) is 0.889. The number of aliphatic carboxylic acids is 1. The van der Waals surface area contributed by atoms with E-state index in [-0.39, 0.29) is 12.3 Å². The largest absolute Gasteiger partial charge is 0.479 e. The standard InChI is InChI=1S/C18H33NO7/c1-11(2)9-7-5-3-4-6-8-10-12(20)19-13-14(21)15(22)16(17(23)24)26-18(13)25/h11,13-16,18,21-22,25H,3-10H2,1-2H3,(H,19,20)(H,23,24)/t13-,14-,15+,16+,18-/m1/s1. The van der Waals surface area contributed by atoms with Crippen molar-refractivity contribution in [3.8, 4) is 0 Å². The molecule has 8 heteroatoms. The van der Waals surface area contributed by atoms with Crippen LogP contribution >= 0.6 is 0 Å². The number of amides is 1. The fourth-order valence-electron chi connectivity index (χ4n) is 3.04. The number of rotatable bonds is 11. The average Bonchev–Trinajstić information content (AvgIpc) is 2.56. The molecule has 0 aromatic heterocycles. The minimum atomic E-state index is -1.73. The molecule has 1 amide bonds. The summed E-state index contributed by atoms with van der Waals surface area (Å²) < 4.78 is 4.77. The summed E-state index contributed by atoms with van der Waals surface area (Å²) in [5.74, 6) is -1.14. The molecule has 0 aromatic rings. The van der Waals surface area contributed by atoms with Gasteiger partial charge in [-0.1, -0.05) is 52.4 Å². The van der Waals surface area contributed by atoms with Crippen LogP contribution in [0.25, 0.3) is 0 Å². The molecular formula is C18H33NO7. The van der Waals surface area contributed by atoms with Crippen LogP contribution in [0.4, 0.5) is 0 Å². The van der Waals surface area contributed by atoms with Gasteiger partial charge in [0.15, 0.2) is 12.4 Å². The topological polar surface area (TPSA) is 136 Å². The van der Waals surface area contributed by atoms with Gasteiger partial charge in [-0.05, 0) is 12.3 Å². The zero-order chi connectivity index (χ0) is 19.7. The molecule has 8 nitrogen and oxygen atoms in total. The van der Waals surface area contributed by atoms with Crippen molar-refractivity contribution in [3.63, 3.8) is 0 Å². The Hall–Kier alpha value is -1.22. The highest BCUT2D eigenvalue weighted by molar-refractivity contribution is 5.76. The van der Waals surface area contributed by atoms with Gasteiger partial charge in [0.1, 0.15) is 18.2 Å². The number of unbranched alkanes of at least 4 members (excludes halogenated alkanes) is 5. The zero-order valence-electron chi connectivity index (χ0n) is 15.6. The van der Waals surface area contributed by atoms with Crippen molar-refractivity contribution in [2.45, 2.75) is 95.9 Å². The predicted octanol–water partition coefficient (Wildman–Crippen LogP) is 0.772. The first kappa shape index (κ1) is 22.8. The molecule has 5 atom stereocenters. The number of ether oxygens (including phenoxy) is 1. The molecule has 0 spiro atoms. The van der Waals surface area contributed by atoms with E-state index in [4.69, 9.17) is 9.84 Å². The summed E-state index contributed by atoms with van der Waals surface area (Å²) in [6.45, 7) is 4.43. The van der Waals surface area contributed by atoms with Crippen LogP contribution in [-0.4, -0.2) is 62.9 Å². The Morgan fingerprint density at radius 2 is 1.54 bits per heavy atom. The summed E-state index contributed by atoms with van der Waals surface area (Å²) in [5.41, 5.74) is 0. The first-order valence-corrected chi connectivity index (χ1v) is 9.46. The second kappa shape index (κ2) is 11.5. The molecule has 1 saturated heterocycles. The molecule has 0 saturated carbocycles. The van der Waals surface area contributed by atoms with Crippen LogP contribution in [0.15, 0.2) is 0 Å². The van der Waals surface area contributed by atoms with Gasteiger partial charge in [0.2, 0.25) is 5.91 Å². The van der Waals surface area contributed by atoms with Crippen LogP contribution in [0.5, 0.6) is 0 Å². The Balaban J connectivity index is 2.23. The maximum absolute atomic E-state index is 11.9. The van der Waals surface area contributed by atoms with E-state index in [1.54, 1.807) is 0 Å². The van der Waals surface area contributed by atoms with E-state index < -0.39 is 36.6 Å². The Kier molecular flexibility index (Phi) is 10.1. The molecule has 26 heavy (non-hydrogen) atoms. The van der Waals surface area contributed by atoms with Crippen LogP contribution < -0.4 is 5.32 Å². The predicted molar refractivity (Wildman–Crippen MR) is 94.2 cm³/mol. The summed E-state index contributed by atoms with van der Waals surface area (Å²) in [4.78, 5) is 22.8. The number of carboxylic acid groups (broad SMARTS) is 1. The van der Waals surface area contributed by atoms with Crippen molar-refractivity contribution < 1.29 is 34.8 Å². The monoisotopic (exact) mass is 375 g/mol. The third-order valence-electron chi connectivity index (χ3n) is 4.63. The fourth-order valence-corrected chi connectivity index (χ4v) is 3.04. The van der Waals surface area contributed by atoms with E-state index in [1.807, 2.05) is 0 Å². The molecule has 152 valence electrons. The third kappa shape index (κ3) is 7.57. The number of carbonyl (C=O) groups is 2. The van der Waals surface area contributed by atoms with Gasteiger partial charge < -0.3 is 30.5 Å². The van der Waals surface area contributed by atoms with E-state index in [0.29, 0.717) is 6.42 Å². The zero-order valence-corrected chi connectivity index (χ0v) is 15.6. The lowest BCUT2D eigenvalue weighted by Gasteiger charge is -2.39. The van der Waals surface area contributed by atoms with Crippen molar-refractivity contribution in [2.24, 2.45) is 5.92 Å². The lowest BCUT2D eigenvalue weighted by atomic mass is 9.96. The van der Waals surface area contributed by atoms with E-state index >= 15 is 0 Å². The SMILES string of the molecule is CC(C)CCCCCCCCC(=O)N[C@@H]1[C@@H](O)[C@H](O)[C@@H](C(=O)O)O[C@H]1O. The van der Waals surface area contributed by atoms with Gasteiger partial charge in [-0.3, -0.25) is 4.79 Å². The van der Waals surface area contributed by atoms with Gasteiger partial charge in [0, 0.05) is 6.42 Å². The first-order chi connectivity index (χ1) is 12.2. The molecule has 0 radical (unpaired) electrons. The first-order valence-electron chi connectivity index (χ1n) is 9.46. The molecule has 0 unspecified atom stereocenters. The molecule has 0 aromatic carbocycles. The lowest BCUT2D eigenvalue weighted by molar-refractivity contribution is -0.249. The van der Waals surface area contributed by atoms with Gasteiger partial charge in [-0.15, -0.1) is 0 Å². The normalized spacial score (nSPS) is 28.9. The number of aliphatic hydroxyl groups is 3. The summed E-state index contributed by atoms with van der Waals surface area (Å²) >= 11 is 0. The van der Waals surface area contributed by atoms with Crippen molar-refractivity contribution in [3.05, 3.63) is 0 Å². The highest BCUT2D eigenvalue weighted by atomic mass is 16.6. The molecule has 1 aliphatic heterocycles. The summed E-state index contributed by atoms with van der Waals surface area (Å²) in [6, 6.07) is -1.26. The van der Waals surface area contributed by atoms with Crippen molar-refractivity contribution in [1.29, 1.82) is 0 Å². The van der Waals surface area contributed by atoms with E-state index in [2.05, 4.69) is 19.2 Å². The van der Waals surface area contributed by atoms with Crippen LogP contribution in [0.1, 0.15) is 65.2 Å². The maximum Gasteiger partial charge on any atom is 0.335 e.